The molecule has 1 amide bonds. The predicted molar refractivity (Wildman–Crippen MR) is 116 cm³/mol. The van der Waals surface area contributed by atoms with Gasteiger partial charge in [0.15, 0.2) is 23.9 Å². The van der Waals surface area contributed by atoms with Gasteiger partial charge in [0.2, 0.25) is 0 Å². The van der Waals surface area contributed by atoms with Gasteiger partial charge in [-0.2, -0.15) is 0 Å². The lowest BCUT2D eigenvalue weighted by Crippen LogP contribution is -2.45. The molecule has 7 nitrogen and oxygen atoms in total. The number of Topliss-reactive ketones (excluding diaryl/α,β-unsaturated/α-hetero) is 1. The first-order valence-corrected chi connectivity index (χ1v) is 10.1. The molecule has 30 heavy (non-hydrogen) atoms. The van der Waals surface area contributed by atoms with Gasteiger partial charge in [-0.3, -0.25) is 9.59 Å². The van der Waals surface area contributed by atoms with Gasteiger partial charge < -0.3 is 24.6 Å². The molecule has 7 heteroatoms. The van der Waals surface area contributed by atoms with E-state index in [0.717, 1.165) is 37.4 Å². The van der Waals surface area contributed by atoms with Crippen LogP contribution in [0.2, 0.25) is 0 Å². The van der Waals surface area contributed by atoms with Crippen LogP contribution in [0.5, 0.6) is 11.5 Å². The van der Waals surface area contributed by atoms with Crippen molar-refractivity contribution in [3.8, 4) is 11.5 Å². The first-order valence-electron chi connectivity index (χ1n) is 10.1. The summed E-state index contributed by atoms with van der Waals surface area (Å²) in [6, 6.07) is 13.1. The Hall–Kier alpha value is -3.06. The SMILES string of the molecule is COc1cc(C(C)=O)ccc1OCC(=O)NCc1ccccc1N1CCN(C)CC1. The summed E-state index contributed by atoms with van der Waals surface area (Å²) in [5, 5.41) is 2.93. The average Bonchev–Trinajstić information content (AvgIpc) is 2.76. The molecule has 1 aliphatic rings. The minimum Gasteiger partial charge on any atom is -0.493 e. The average molecular weight is 412 g/mol. The fourth-order valence-electron chi connectivity index (χ4n) is 3.41. The van der Waals surface area contributed by atoms with E-state index in [0.29, 0.717) is 23.6 Å². The Morgan fingerprint density at radius 2 is 1.77 bits per heavy atom. The summed E-state index contributed by atoms with van der Waals surface area (Å²) in [4.78, 5) is 28.5. The minimum atomic E-state index is -0.221. The van der Waals surface area contributed by atoms with Gasteiger partial charge in [0, 0.05) is 44.0 Å². The Bertz CT molecular complexity index is 892. The van der Waals surface area contributed by atoms with Crippen LogP contribution in [0.15, 0.2) is 42.5 Å². The van der Waals surface area contributed by atoms with Gasteiger partial charge in [-0.05, 0) is 43.8 Å². The van der Waals surface area contributed by atoms with Gasteiger partial charge in [-0.1, -0.05) is 18.2 Å². The number of para-hydroxylation sites is 1. The van der Waals surface area contributed by atoms with E-state index in [1.54, 1.807) is 18.2 Å². The fraction of sp³-hybridized carbons (Fsp3) is 0.391. The zero-order chi connectivity index (χ0) is 21.5. The molecule has 0 bridgehead atoms. The van der Waals surface area contributed by atoms with Crippen molar-refractivity contribution in [2.75, 3.05) is 51.8 Å². The molecule has 1 N–H and O–H groups in total. The summed E-state index contributed by atoms with van der Waals surface area (Å²) in [6.45, 7) is 5.79. The molecule has 0 unspecified atom stereocenters. The van der Waals surface area contributed by atoms with Crippen molar-refractivity contribution < 1.29 is 19.1 Å². The molecule has 1 fully saturated rings. The monoisotopic (exact) mass is 411 g/mol. The number of nitrogens with one attached hydrogen (secondary N) is 1. The number of methoxy groups -OCH3 is 1. The van der Waals surface area contributed by atoms with Crippen molar-refractivity contribution in [1.82, 2.24) is 10.2 Å². The third kappa shape index (κ3) is 5.51. The van der Waals surface area contributed by atoms with E-state index < -0.39 is 0 Å². The van der Waals surface area contributed by atoms with Gasteiger partial charge in [-0.15, -0.1) is 0 Å². The summed E-state index contributed by atoms with van der Waals surface area (Å²) in [5.74, 6) is 0.573. The maximum atomic E-state index is 12.3. The van der Waals surface area contributed by atoms with E-state index >= 15 is 0 Å². The lowest BCUT2D eigenvalue weighted by atomic mass is 10.1. The Kier molecular flexibility index (Phi) is 7.30. The van der Waals surface area contributed by atoms with E-state index in [9.17, 15) is 9.59 Å². The first-order chi connectivity index (χ1) is 14.5. The van der Waals surface area contributed by atoms with Crippen molar-refractivity contribution in [2.24, 2.45) is 0 Å². The van der Waals surface area contributed by atoms with Crippen LogP contribution < -0.4 is 19.7 Å². The Morgan fingerprint density at radius 1 is 1.03 bits per heavy atom. The molecule has 1 aliphatic heterocycles. The van der Waals surface area contributed by atoms with Crippen molar-refractivity contribution in [3.05, 3.63) is 53.6 Å². The summed E-state index contributed by atoms with van der Waals surface area (Å²) < 4.78 is 10.9. The number of benzene rings is 2. The molecule has 0 spiro atoms. The lowest BCUT2D eigenvalue weighted by Gasteiger charge is -2.35. The summed E-state index contributed by atoms with van der Waals surface area (Å²) in [7, 11) is 3.63. The number of rotatable bonds is 8. The summed E-state index contributed by atoms with van der Waals surface area (Å²) in [5.41, 5.74) is 2.77. The second-order valence-electron chi connectivity index (χ2n) is 7.41. The standard InChI is InChI=1S/C23H29N3O4/c1-17(27)18-8-9-21(22(14-18)29-3)30-16-23(28)24-15-19-6-4-5-7-20(19)26-12-10-25(2)11-13-26/h4-9,14H,10-13,15-16H2,1-3H3,(H,24,28). The molecule has 0 saturated carbocycles. The highest BCUT2D eigenvalue weighted by molar-refractivity contribution is 5.94. The number of hydrogen-bond acceptors (Lipinski definition) is 6. The number of carbonyl (C=O) groups excluding carboxylic acids is 2. The molecule has 2 aromatic rings. The number of hydrogen-bond donors (Lipinski definition) is 1. The fourth-order valence-corrected chi connectivity index (χ4v) is 3.41. The van der Waals surface area contributed by atoms with Crippen LogP contribution in [-0.4, -0.2) is 63.5 Å². The van der Waals surface area contributed by atoms with Crippen molar-refractivity contribution in [1.29, 1.82) is 0 Å². The number of amides is 1. The molecule has 0 aliphatic carbocycles. The molecule has 160 valence electrons. The maximum Gasteiger partial charge on any atom is 0.258 e. The van der Waals surface area contributed by atoms with E-state index in [1.165, 1.54) is 14.0 Å². The van der Waals surface area contributed by atoms with Gasteiger partial charge >= 0.3 is 0 Å². The molecule has 0 radical (unpaired) electrons. The number of ether oxygens (including phenoxy) is 2. The number of anilines is 1. The molecule has 3 rings (SSSR count). The van der Waals surface area contributed by atoms with Gasteiger partial charge in [-0.25, -0.2) is 0 Å². The zero-order valence-electron chi connectivity index (χ0n) is 17.8. The highest BCUT2D eigenvalue weighted by Gasteiger charge is 2.17. The van der Waals surface area contributed by atoms with Crippen LogP contribution in [0.1, 0.15) is 22.8 Å². The molecule has 0 aromatic heterocycles. The lowest BCUT2D eigenvalue weighted by molar-refractivity contribution is -0.123. The highest BCUT2D eigenvalue weighted by atomic mass is 16.5. The Balaban J connectivity index is 1.56. The molecule has 0 atom stereocenters. The summed E-state index contributed by atoms with van der Waals surface area (Å²) in [6.07, 6.45) is 0. The van der Waals surface area contributed by atoms with E-state index in [4.69, 9.17) is 9.47 Å². The number of likely N-dealkylation sites (N-methyl/N-ethyl adjacent to an activating group) is 1. The van der Waals surface area contributed by atoms with E-state index in [1.807, 2.05) is 18.2 Å². The topological polar surface area (TPSA) is 71.1 Å². The maximum absolute atomic E-state index is 12.3. The van der Waals surface area contributed by atoms with Crippen LogP contribution in [0.3, 0.4) is 0 Å². The first kappa shape index (κ1) is 21.6. The third-order valence-corrected chi connectivity index (χ3v) is 5.24. The van der Waals surface area contributed by atoms with Crippen molar-refractivity contribution in [2.45, 2.75) is 13.5 Å². The normalized spacial score (nSPS) is 14.3. The van der Waals surface area contributed by atoms with Crippen LogP contribution >= 0.6 is 0 Å². The molecule has 1 heterocycles. The molecule has 1 saturated heterocycles. The molecular formula is C23H29N3O4. The smallest absolute Gasteiger partial charge is 0.258 e. The van der Waals surface area contributed by atoms with Crippen LogP contribution in [0, 0.1) is 0 Å². The van der Waals surface area contributed by atoms with E-state index in [-0.39, 0.29) is 18.3 Å². The number of piperazine rings is 1. The van der Waals surface area contributed by atoms with Crippen LogP contribution in [0.25, 0.3) is 0 Å². The number of nitrogens with zero attached hydrogens (tertiary/aromatic N) is 2. The predicted octanol–water partition coefficient (Wildman–Crippen LogP) is 2.34. The Labute approximate surface area is 177 Å². The number of carbonyl (C=O) groups is 2. The molecule has 2 aromatic carbocycles. The quantitative estimate of drug-likeness (QED) is 0.673. The minimum absolute atomic E-state index is 0.0587. The summed E-state index contributed by atoms with van der Waals surface area (Å²) >= 11 is 0. The van der Waals surface area contributed by atoms with Crippen LogP contribution in [0.4, 0.5) is 5.69 Å². The van der Waals surface area contributed by atoms with Gasteiger partial charge in [0.1, 0.15) is 0 Å². The van der Waals surface area contributed by atoms with Gasteiger partial charge in [0.25, 0.3) is 5.91 Å². The van der Waals surface area contributed by atoms with E-state index in [2.05, 4.69) is 28.2 Å². The third-order valence-electron chi connectivity index (χ3n) is 5.24. The zero-order valence-corrected chi connectivity index (χ0v) is 17.8. The van der Waals surface area contributed by atoms with Crippen molar-refractivity contribution >= 4 is 17.4 Å². The number of ketones is 1. The van der Waals surface area contributed by atoms with Crippen LogP contribution in [-0.2, 0) is 11.3 Å². The largest absolute Gasteiger partial charge is 0.493 e. The second kappa shape index (κ2) is 10.1. The Morgan fingerprint density at radius 3 is 2.47 bits per heavy atom. The second-order valence-corrected chi connectivity index (χ2v) is 7.41. The highest BCUT2D eigenvalue weighted by Crippen LogP contribution is 2.28. The molecular weight excluding hydrogens is 382 g/mol. The van der Waals surface area contributed by atoms with Crippen molar-refractivity contribution in [3.63, 3.8) is 0 Å². The van der Waals surface area contributed by atoms with Gasteiger partial charge in [0.05, 0.1) is 7.11 Å².